The fourth-order valence-corrected chi connectivity index (χ4v) is 5.81. The summed E-state index contributed by atoms with van der Waals surface area (Å²) in [6.45, 7) is 3.77. The van der Waals surface area contributed by atoms with Crippen LogP contribution in [-0.2, 0) is 16.2 Å². The summed E-state index contributed by atoms with van der Waals surface area (Å²) in [5.41, 5.74) is 1.88. The summed E-state index contributed by atoms with van der Waals surface area (Å²) in [5.74, 6) is 0.0189. The number of hydrogen-bond acceptors (Lipinski definition) is 6. The molecule has 0 saturated carbocycles. The van der Waals surface area contributed by atoms with Crippen LogP contribution >= 0.6 is 11.3 Å². The van der Waals surface area contributed by atoms with Gasteiger partial charge >= 0.3 is 6.18 Å². The molecule has 4 aromatic rings. The van der Waals surface area contributed by atoms with Crippen LogP contribution in [-0.4, -0.2) is 25.6 Å². The SMILES string of the molecule is Cc1cc(C)cc(N(C)S(=O)(=O)c2ccsc2-c2nc(-c3ccc(C(F)(F)F)cc3)no2)c1. The normalized spacial score (nSPS) is 12.2. The molecular weight excluding hydrogens is 475 g/mol. The monoisotopic (exact) mass is 493 g/mol. The predicted octanol–water partition coefficient (Wildman–Crippen LogP) is 5.93. The first-order chi connectivity index (χ1) is 15.5. The van der Waals surface area contributed by atoms with Gasteiger partial charge in [-0.15, -0.1) is 11.3 Å². The van der Waals surface area contributed by atoms with Crippen LogP contribution in [0.25, 0.3) is 22.2 Å². The van der Waals surface area contributed by atoms with Crippen molar-refractivity contribution >= 4 is 27.0 Å². The van der Waals surface area contributed by atoms with E-state index in [0.29, 0.717) is 11.3 Å². The van der Waals surface area contributed by atoms with Crippen LogP contribution in [0.4, 0.5) is 18.9 Å². The summed E-state index contributed by atoms with van der Waals surface area (Å²) in [7, 11) is -2.48. The van der Waals surface area contributed by atoms with Crippen molar-refractivity contribution in [3.63, 3.8) is 0 Å². The molecule has 0 aliphatic heterocycles. The maximum atomic E-state index is 13.4. The van der Waals surface area contributed by atoms with Gasteiger partial charge in [-0.05, 0) is 60.7 Å². The fraction of sp³-hybridized carbons (Fsp3) is 0.182. The van der Waals surface area contributed by atoms with E-state index in [-0.39, 0.29) is 21.5 Å². The lowest BCUT2D eigenvalue weighted by molar-refractivity contribution is -0.137. The zero-order valence-electron chi connectivity index (χ0n) is 17.7. The van der Waals surface area contributed by atoms with Crippen LogP contribution in [0.15, 0.2) is 63.3 Å². The zero-order valence-corrected chi connectivity index (χ0v) is 19.3. The Morgan fingerprint density at radius 2 is 1.64 bits per heavy atom. The predicted molar refractivity (Wildman–Crippen MR) is 120 cm³/mol. The molecular formula is C22H18F3N3O3S2. The summed E-state index contributed by atoms with van der Waals surface area (Å²) in [4.78, 5) is 4.46. The van der Waals surface area contributed by atoms with Gasteiger partial charge in [0.1, 0.15) is 9.77 Å². The Labute approximate surface area is 192 Å². The molecule has 4 rings (SSSR count). The molecule has 2 aromatic carbocycles. The molecule has 0 bridgehead atoms. The van der Waals surface area contributed by atoms with E-state index in [4.69, 9.17) is 4.52 Å². The number of aryl methyl sites for hydroxylation is 2. The van der Waals surface area contributed by atoms with Gasteiger partial charge in [0.05, 0.1) is 11.3 Å². The summed E-state index contributed by atoms with van der Waals surface area (Å²) in [6, 6.07) is 11.3. The third kappa shape index (κ3) is 4.51. The fourth-order valence-electron chi connectivity index (χ4n) is 3.32. The maximum absolute atomic E-state index is 13.4. The summed E-state index contributed by atoms with van der Waals surface area (Å²) >= 11 is 1.11. The number of sulfonamides is 1. The number of thiophene rings is 1. The van der Waals surface area contributed by atoms with Crippen molar-refractivity contribution in [2.75, 3.05) is 11.4 Å². The van der Waals surface area contributed by atoms with Crippen LogP contribution in [0.2, 0.25) is 0 Å². The zero-order chi connectivity index (χ0) is 24.0. The first-order valence-electron chi connectivity index (χ1n) is 9.63. The quantitative estimate of drug-likeness (QED) is 0.345. The molecule has 0 radical (unpaired) electrons. The Morgan fingerprint density at radius 1 is 1.00 bits per heavy atom. The van der Waals surface area contributed by atoms with Crippen molar-refractivity contribution < 1.29 is 26.1 Å². The smallest absolute Gasteiger partial charge is 0.333 e. The molecule has 0 saturated heterocycles. The molecule has 2 aromatic heterocycles. The van der Waals surface area contributed by atoms with E-state index < -0.39 is 21.8 Å². The molecule has 172 valence electrons. The number of nitrogens with zero attached hydrogens (tertiary/aromatic N) is 3. The lowest BCUT2D eigenvalue weighted by Gasteiger charge is -2.20. The van der Waals surface area contributed by atoms with E-state index >= 15 is 0 Å². The van der Waals surface area contributed by atoms with Crippen molar-refractivity contribution in [3.05, 3.63) is 70.6 Å². The number of hydrogen-bond donors (Lipinski definition) is 0. The maximum Gasteiger partial charge on any atom is 0.416 e. The number of alkyl halides is 3. The molecule has 33 heavy (non-hydrogen) atoms. The van der Waals surface area contributed by atoms with Gasteiger partial charge in [-0.1, -0.05) is 23.4 Å². The molecule has 0 N–H and O–H groups in total. The molecule has 0 aliphatic rings. The van der Waals surface area contributed by atoms with E-state index in [0.717, 1.165) is 34.6 Å². The van der Waals surface area contributed by atoms with E-state index in [1.165, 1.54) is 29.6 Å². The standard InChI is InChI=1S/C22H18F3N3O3S2/c1-13-10-14(2)12-17(11-13)28(3)33(29,30)18-8-9-32-19(18)21-26-20(27-31-21)15-4-6-16(7-5-15)22(23,24)25/h4-12H,1-3H3. The average molecular weight is 494 g/mol. The van der Waals surface area contributed by atoms with Gasteiger partial charge in [-0.3, -0.25) is 4.31 Å². The minimum atomic E-state index is -4.46. The molecule has 0 unspecified atom stereocenters. The van der Waals surface area contributed by atoms with Gasteiger partial charge in [0.25, 0.3) is 15.9 Å². The molecule has 2 heterocycles. The van der Waals surface area contributed by atoms with Gasteiger partial charge in [0, 0.05) is 12.6 Å². The Kier molecular flexibility index (Phi) is 5.79. The van der Waals surface area contributed by atoms with Crippen molar-refractivity contribution in [1.82, 2.24) is 10.1 Å². The van der Waals surface area contributed by atoms with E-state index in [2.05, 4.69) is 10.1 Å². The highest BCUT2D eigenvalue weighted by Crippen LogP contribution is 2.36. The van der Waals surface area contributed by atoms with Gasteiger partial charge in [-0.2, -0.15) is 18.2 Å². The minimum absolute atomic E-state index is 0.00298. The van der Waals surface area contributed by atoms with Crippen LogP contribution in [0.5, 0.6) is 0 Å². The Balaban J connectivity index is 1.67. The molecule has 11 heteroatoms. The van der Waals surface area contributed by atoms with Gasteiger partial charge in [0.2, 0.25) is 5.82 Å². The number of anilines is 1. The minimum Gasteiger partial charge on any atom is -0.333 e. The second-order valence-electron chi connectivity index (χ2n) is 7.43. The summed E-state index contributed by atoms with van der Waals surface area (Å²) in [5, 5.41) is 5.41. The Morgan fingerprint density at radius 3 is 2.24 bits per heavy atom. The number of aromatic nitrogens is 2. The van der Waals surface area contributed by atoms with Crippen molar-refractivity contribution in [2.24, 2.45) is 0 Å². The number of halogens is 3. The molecule has 0 amide bonds. The molecule has 0 spiro atoms. The molecule has 0 fully saturated rings. The third-order valence-electron chi connectivity index (χ3n) is 4.93. The highest BCUT2D eigenvalue weighted by atomic mass is 32.2. The summed E-state index contributed by atoms with van der Waals surface area (Å²) in [6.07, 6.45) is -4.46. The van der Waals surface area contributed by atoms with Crippen LogP contribution < -0.4 is 4.31 Å². The van der Waals surface area contributed by atoms with Gasteiger partial charge < -0.3 is 4.52 Å². The van der Waals surface area contributed by atoms with Crippen LogP contribution in [0.3, 0.4) is 0 Å². The number of rotatable bonds is 5. The lowest BCUT2D eigenvalue weighted by Crippen LogP contribution is -2.26. The van der Waals surface area contributed by atoms with Crippen LogP contribution in [0, 0.1) is 13.8 Å². The lowest BCUT2D eigenvalue weighted by atomic mass is 10.1. The van der Waals surface area contributed by atoms with Crippen molar-refractivity contribution in [1.29, 1.82) is 0 Å². The third-order valence-corrected chi connectivity index (χ3v) is 7.79. The van der Waals surface area contributed by atoms with Gasteiger partial charge in [-0.25, -0.2) is 8.42 Å². The summed E-state index contributed by atoms with van der Waals surface area (Å²) < 4.78 is 71.5. The van der Waals surface area contributed by atoms with Gasteiger partial charge in [0.15, 0.2) is 0 Å². The second kappa shape index (κ2) is 8.31. The van der Waals surface area contributed by atoms with E-state index in [1.54, 1.807) is 17.5 Å². The molecule has 6 nitrogen and oxygen atoms in total. The first-order valence-corrected chi connectivity index (χ1v) is 12.0. The average Bonchev–Trinajstić information content (AvgIpc) is 3.41. The first kappa shape index (κ1) is 23.0. The highest BCUT2D eigenvalue weighted by Gasteiger charge is 2.31. The highest BCUT2D eigenvalue weighted by molar-refractivity contribution is 7.93. The van der Waals surface area contributed by atoms with Crippen molar-refractivity contribution in [2.45, 2.75) is 24.9 Å². The topological polar surface area (TPSA) is 76.3 Å². The largest absolute Gasteiger partial charge is 0.416 e. The van der Waals surface area contributed by atoms with E-state index in [9.17, 15) is 21.6 Å². The molecule has 0 atom stereocenters. The molecule has 0 aliphatic carbocycles. The van der Waals surface area contributed by atoms with E-state index in [1.807, 2.05) is 19.9 Å². The van der Waals surface area contributed by atoms with Crippen molar-refractivity contribution in [3.8, 4) is 22.2 Å². The number of benzene rings is 2. The Hall–Kier alpha value is -3.18. The van der Waals surface area contributed by atoms with Crippen LogP contribution in [0.1, 0.15) is 16.7 Å². The Bertz CT molecular complexity index is 1390. The second-order valence-corrected chi connectivity index (χ2v) is 10.3.